The second-order valence-electron chi connectivity index (χ2n) is 7.45. The summed E-state index contributed by atoms with van der Waals surface area (Å²) >= 11 is 30.0. The molecule has 35 heavy (non-hydrogen) atoms. The highest BCUT2D eigenvalue weighted by Crippen LogP contribution is 2.35. The lowest BCUT2D eigenvalue weighted by atomic mass is 10.2. The van der Waals surface area contributed by atoms with Crippen LogP contribution in [-0.4, -0.2) is 23.2 Å². The Morgan fingerprint density at radius 2 is 1.69 bits per heavy atom. The number of H-pyrrole nitrogens is 1. The second-order valence-corrected chi connectivity index (χ2v) is 11.5. The lowest BCUT2D eigenvalue weighted by molar-refractivity contribution is -0.991. The number of imidazole rings is 1. The van der Waals surface area contributed by atoms with E-state index in [9.17, 15) is 18.8 Å². The quantitative estimate of drug-likeness (QED) is 0.181. The number of aromatic nitrogens is 2. The number of hydrogen-bond acceptors (Lipinski definition) is 5. The van der Waals surface area contributed by atoms with Crippen molar-refractivity contribution < 1.29 is 18.9 Å². The summed E-state index contributed by atoms with van der Waals surface area (Å²) < 4.78 is 29.0. The molecule has 0 bridgehead atoms. The van der Waals surface area contributed by atoms with Crippen molar-refractivity contribution in [3.8, 4) is 0 Å². The molecule has 0 aliphatic carbocycles. The third-order valence-electron chi connectivity index (χ3n) is 5.10. The maximum absolute atomic E-state index is 13.7. The van der Waals surface area contributed by atoms with Crippen molar-refractivity contribution in [3.05, 3.63) is 95.8 Å². The summed E-state index contributed by atoms with van der Waals surface area (Å²) in [4.78, 5) is 2.78. The van der Waals surface area contributed by atoms with Crippen molar-refractivity contribution in [2.75, 3.05) is 0 Å². The standard InChI is InChI=1S/C22H15Cl4N3O4S2/c23-13-2-1-12(17(25)7-13)11-35(32,33)21(16-5-3-14(24)8-18(16)26)10-28-20-9-15(29(30)31)4-6-19(20)27-22(28)34/h1-10,29-30H,11H2,(H,27,34)/b21-10+. The fourth-order valence-corrected chi connectivity index (χ4v) is 6.41. The molecular weight excluding hydrogens is 576 g/mol. The van der Waals surface area contributed by atoms with E-state index in [1.165, 1.54) is 53.2 Å². The molecule has 1 aromatic heterocycles. The van der Waals surface area contributed by atoms with Gasteiger partial charge in [0.25, 0.3) is 0 Å². The first-order chi connectivity index (χ1) is 16.5. The Morgan fingerprint density at radius 3 is 2.31 bits per heavy atom. The summed E-state index contributed by atoms with van der Waals surface area (Å²) in [6.45, 7) is 0. The van der Waals surface area contributed by atoms with Gasteiger partial charge in [-0.1, -0.05) is 58.5 Å². The van der Waals surface area contributed by atoms with Crippen molar-refractivity contribution in [2.45, 2.75) is 5.75 Å². The predicted octanol–water partition coefficient (Wildman–Crippen LogP) is 6.29. The van der Waals surface area contributed by atoms with Gasteiger partial charge in [0.05, 0.1) is 26.7 Å². The van der Waals surface area contributed by atoms with E-state index in [1.807, 2.05) is 0 Å². The molecule has 1 unspecified atom stereocenters. The lowest BCUT2D eigenvalue weighted by Crippen LogP contribution is -2.99. The molecule has 4 rings (SSSR count). The van der Waals surface area contributed by atoms with E-state index in [1.54, 1.807) is 12.1 Å². The molecule has 4 aromatic rings. The van der Waals surface area contributed by atoms with Crippen molar-refractivity contribution in [1.82, 2.24) is 9.55 Å². The van der Waals surface area contributed by atoms with Crippen LogP contribution in [0.5, 0.6) is 0 Å². The topological polar surface area (TPSA) is 103 Å². The molecule has 3 aromatic carbocycles. The number of quaternary nitrogens is 1. The number of nitrogens with zero attached hydrogens (tertiary/aromatic N) is 1. The SMILES string of the molecule is O=S(=O)(Cc1ccc(Cl)cc1Cl)/C(=C/n1c(=S)[nH]c2ccc([NH+]([O-])O)cc21)c1ccc(Cl)cc1Cl. The van der Waals surface area contributed by atoms with Crippen LogP contribution in [0.3, 0.4) is 0 Å². The fraction of sp³-hybridized carbons (Fsp3) is 0.0455. The van der Waals surface area contributed by atoms with Crippen molar-refractivity contribution in [1.29, 1.82) is 0 Å². The third kappa shape index (κ3) is 5.59. The highest BCUT2D eigenvalue weighted by atomic mass is 35.5. The first kappa shape index (κ1) is 26.2. The van der Waals surface area contributed by atoms with E-state index in [-0.39, 0.29) is 31.0 Å². The van der Waals surface area contributed by atoms with Crippen LogP contribution < -0.4 is 5.23 Å². The van der Waals surface area contributed by atoms with Gasteiger partial charge in [-0.15, -0.1) is 0 Å². The van der Waals surface area contributed by atoms with Gasteiger partial charge >= 0.3 is 0 Å². The highest BCUT2D eigenvalue weighted by molar-refractivity contribution is 8.00. The highest BCUT2D eigenvalue weighted by Gasteiger charge is 2.25. The zero-order valence-electron chi connectivity index (χ0n) is 17.4. The number of sulfone groups is 1. The van der Waals surface area contributed by atoms with Gasteiger partial charge in [-0.2, -0.15) is 5.23 Å². The minimum atomic E-state index is -4.08. The molecular formula is C22H15Cl4N3O4S2. The van der Waals surface area contributed by atoms with Crippen LogP contribution in [0.15, 0.2) is 54.6 Å². The molecule has 0 fully saturated rings. The summed E-state index contributed by atoms with van der Waals surface area (Å²) in [6, 6.07) is 13.3. The first-order valence-electron chi connectivity index (χ1n) is 9.78. The van der Waals surface area contributed by atoms with Crippen molar-refractivity contribution in [2.24, 2.45) is 0 Å². The maximum atomic E-state index is 13.7. The Labute approximate surface area is 225 Å². The Balaban J connectivity index is 1.96. The monoisotopic (exact) mass is 589 g/mol. The average molecular weight is 591 g/mol. The minimum absolute atomic E-state index is 0.00975. The number of nitrogens with one attached hydrogen (secondary N) is 2. The van der Waals surface area contributed by atoms with Crippen LogP contribution in [-0.2, 0) is 15.6 Å². The van der Waals surface area contributed by atoms with Gasteiger partial charge in [-0.25, -0.2) is 13.6 Å². The molecule has 0 aliphatic heterocycles. The zero-order valence-corrected chi connectivity index (χ0v) is 22.1. The summed E-state index contributed by atoms with van der Waals surface area (Å²) in [6.07, 6.45) is 1.31. The van der Waals surface area contributed by atoms with E-state index in [2.05, 4.69) is 4.98 Å². The molecule has 0 radical (unpaired) electrons. The van der Waals surface area contributed by atoms with Crippen LogP contribution in [0.1, 0.15) is 11.1 Å². The fourth-order valence-electron chi connectivity index (χ4n) is 3.43. The normalized spacial score (nSPS) is 13.4. The van der Waals surface area contributed by atoms with E-state index in [0.29, 0.717) is 26.6 Å². The molecule has 182 valence electrons. The van der Waals surface area contributed by atoms with Crippen LogP contribution in [0.25, 0.3) is 22.1 Å². The second kappa shape index (κ2) is 10.2. The summed E-state index contributed by atoms with van der Waals surface area (Å²) in [7, 11) is -4.08. The predicted molar refractivity (Wildman–Crippen MR) is 143 cm³/mol. The Morgan fingerprint density at radius 1 is 1.03 bits per heavy atom. The lowest BCUT2D eigenvalue weighted by Gasteiger charge is -2.14. The van der Waals surface area contributed by atoms with Gasteiger partial charge in [0.2, 0.25) is 0 Å². The van der Waals surface area contributed by atoms with Gasteiger partial charge in [0.15, 0.2) is 20.3 Å². The Kier molecular flexibility index (Phi) is 7.63. The van der Waals surface area contributed by atoms with Crippen LogP contribution >= 0.6 is 58.6 Å². The molecule has 13 heteroatoms. The van der Waals surface area contributed by atoms with Gasteiger partial charge in [0, 0.05) is 39.0 Å². The first-order valence-corrected chi connectivity index (χ1v) is 13.3. The molecule has 3 N–H and O–H groups in total. The van der Waals surface area contributed by atoms with Gasteiger partial charge < -0.3 is 10.2 Å². The number of hydrogen-bond donors (Lipinski definition) is 3. The minimum Gasteiger partial charge on any atom is -0.595 e. The molecule has 0 saturated heterocycles. The number of fused-ring (bicyclic) bond motifs is 1. The molecule has 0 spiro atoms. The maximum Gasteiger partial charge on any atom is 0.184 e. The average Bonchev–Trinajstić information content (AvgIpc) is 3.08. The number of rotatable bonds is 6. The van der Waals surface area contributed by atoms with E-state index in [4.69, 9.17) is 58.6 Å². The van der Waals surface area contributed by atoms with Crippen molar-refractivity contribution in [3.63, 3.8) is 0 Å². The summed E-state index contributed by atoms with van der Waals surface area (Å²) in [5, 5.41) is 20.7. The number of benzene rings is 3. The summed E-state index contributed by atoms with van der Waals surface area (Å²) in [5.41, 5.74) is 1.43. The van der Waals surface area contributed by atoms with Crippen LogP contribution in [0, 0.1) is 9.98 Å². The van der Waals surface area contributed by atoms with Gasteiger partial charge in [-0.05, 0) is 48.1 Å². The number of halogens is 4. The van der Waals surface area contributed by atoms with Gasteiger partial charge in [-0.3, -0.25) is 4.57 Å². The number of aromatic amines is 1. The molecule has 0 aliphatic rings. The molecule has 1 heterocycles. The van der Waals surface area contributed by atoms with Crippen LogP contribution in [0.2, 0.25) is 20.1 Å². The summed E-state index contributed by atoms with van der Waals surface area (Å²) in [5.74, 6) is -0.455. The molecule has 0 amide bonds. The van der Waals surface area contributed by atoms with Gasteiger partial charge in [0.1, 0.15) is 0 Å². The van der Waals surface area contributed by atoms with E-state index < -0.39 is 20.8 Å². The largest absolute Gasteiger partial charge is 0.595 e. The molecule has 1 atom stereocenters. The molecule has 7 nitrogen and oxygen atoms in total. The Hall–Kier alpha value is -1.92. The van der Waals surface area contributed by atoms with Crippen molar-refractivity contribution >= 4 is 96.3 Å². The third-order valence-corrected chi connectivity index (χ3v) is 8.22. The Bertz CT molecular complexity index is 1650. The van der Waals surface area contributed by atoms with E-state index in [0.717, 1.165) is 0 Å². The smallest absolute Gasteiger partial charge is 0.184 e. The molecule has 0 saturated carbocycles. The van der Waals surface area contributed by atoms with E-state index >= 15 is 0 Å². The zero-order chi connectivity index (χ0) is 25.5. The van der Waals surface area contributed by atoms with Crippen LogP contribution in [0.4, 0.5) is 5.69 Å².